The Bertz CT molecular complexity index is 366. The fourth-order valence-corrected chi connectivity index (χ4v) is 1.47. The van der Waals surface area contributed by atoms with Crippen LogP contribution in [-0.4, -0.2) is 19.7 Å². The van der Waals surface area contributed by atoms with Crippen molar-refractivity contribution in [2.24, 2.45) is 5.90 Å². The van der Waals surface area contributed by atoms with E-state index in [2.05, 4.69) is 9.57 Å². The molecule has 0 aliphatic heterocycles. The Labute approximate surface area is 93.1 Å². The molecule has 88 valence electrons. The van der Waals surface area contributed by atoms with Crippen LogP contribution in [0.4, 0.5) is 4.39 Å². The van der Waals surface area contributed by atoms with Gasteiger partial charge in [0.15, 0.2) is 0 Å². The summed E-state index contributed by atoms with van der Waals surface area (Å²) in [7, 11) is 1.28. The Morgan fingerprint density at radius 3 is 2.44 bits per heavy atom. The van der Waals surface area contributed by atoms with Crippen molar-refractivity contribution < 1.29 is 18.8 Å². The van der Waals surface area contributed by atoms with E-state index in [4.69, 9.17) is 5.90 Å². The van der Waals surface area contributed by atoms with Gasteiger partial charge in [0.25, 0.3) is 0 Å². The number of benzene rings is 1. The molecule has 5 heteroatoms. The second-order valence-corrected chi connectivity index (χ2v) is 3.64. The van der Waals surface area contributed by atoms with Gasteiger partial charge in [0, 0.05) is 0 Å². The van der Waals surface area contributed by atoms with Crippen molar-refractivity contribution in [2.75, 3.05) is 13.7 Å². The molecule has 1 atom stereocenters. The number of hydrogen-bond acceptors (Lipinski definition) is 4. The fraction of sp³-hybridized carbons (Fsp3) is 0.364. The van der Waals surface area contributed by atoms with Crippen LogP contribution in [0.2, 0.25) is 0 Å². The molecule has 0 saturated heterocycles. The highest BCUT2D eigenvalue weighted by atomic mass is 19.1. The molecule has 0 aliphatic rings. The molecule has 1 aromatic carbocycles. The van der Waals surface area contributed by atoms with Gasteiger partial charge in [0.1, 0.15) is 11.2 Å². The third-order valence-corrected chi connectivity index (χ3v) is 2.49. The Balaban J connectivity index is 3.10. The first-order chi connectivity index (χ1) is 7.54. The minimum Gasteiger partial charge on any atom is -0.468 e. The number of halogens is 1. The third kappa shape index (κ3) is 2.37. The summed E-state index contributed by atoms with van der Waals surface area (Å²) in [5, 5.41) is 0. The van der Waals surface area contributed by atoms with Crippen LogP contribution >= 0.6 is 0 Å². The predicted molar refractivity (Wildman–Crippen MR) is 55.9 cm³/mol. The highest BCUT2D eigenvalue weighted by molar-refractivity contribution is 5.82. The molecule has 0 heterocycles. The topological polar surface area (TPSA) is 61.5 Å². The van der Waals surface area contributed by atoms with Crippen LogP contribution in [0.15, 0.2) is 24.3 Å². The molecule has 1 unspecified atom stereocenters. The molecule has 0 aromatic heterocycles. The second kappa shape index (κ2) is 5.05. The molecule has 0 saturated carbocycles. The van der Waals surface area contributed by atoms with Crippen LogP contribution in [0.5, 0.6) is 0 Å². The summed E-state index contributed by atoms with van der Waals surface area (Å²) in [5.74, 6) is 4.14. The van der Waals surface area contributed by atoms with Gasteiger partial charge in [-0.25, -0.2) is 10.3 Å². The molecule has 1 aromatic rings. The molecule has 1 rings (SSSR count). The van der Waals surface area contributed by atoms with E-state index in [1.54, 1.807) is 6.92 Å². The molecule has 0 spiro atoms. The smallest absolute Gasteiger partial charge is 0.318 e. The van der Waals surface area contributed by atoms with Gasteiger partial charge in [-0.1, -0.05) is 12.1 Å². The Morgan fingerprint density at radius 1 is 1.44 bits per heavy atom. The van der Waals surface area contributed by atoms with E-state index in [0.29, 0.717) is 5.56 Å². The van der Waals surface area contributed by atoms with Gasteiger partial charge in [-0.05, 0) is 24.6 Å². The number of methoxy groups -OCH3 is 1. The molecule has 2 N–H and O–H groups in total. The van der Waals surface area contributed by atoms with Crippen molar-refractivity contribution in [1.29, 1.82) is 0 Å². The summed E-state index contributed by atoms with van der Waals surface area (Å²) in [5.41, 5.74) is -0.441. The number of carbonyl (C=O) groups is 1. The van der Waals surface area contributed by atoms with Gasteiger partial charge in [0.05, 0.1) is 13.7 Å². The third-order valence-electron chi connectivity index (χ3n) is 2.49. The lowest BCUT2D eigenvalue weighted by molar-refractivity contribution is -0.149. The minimum atomic E-state index is -1.03. The van der Waals surface area contributed by atoms with Crippen LogP contribution < -0.4 is 5.90 Å². The summed E-state index contributed by atoms with van der Waals surface area (Å²) in [6.45, 7) is 1.59. The summed E-state index contributed by atoms with van der Waals surface area (Å²) >= 11 is 0. The van der Waals surface area contributed by atoms with Crippen molar-refractivity contribution in [3.05, 3.63) is 35.6 Å². The molecule has 0 amide bonds. The maximum Gasteiger partial charge on any atom is 0.318 e. The molecular formula is C11H14FNO3. The van der Waals surface area contributed by atoms with E-state index in [1.807, 2.05) is 0 Å². The zero-order valence-corrected chi connectivity index (χ0v) is 9.20. The monoisotopic (exact) mass is 227 g/mol. The first kappa shape index (κ1) is 12.6. The summed E-state index contributed by atoms with van der Waals surface area (Å²) in [6.07, 6.45) is 0. The number of carbonyl (C=O) groups excluding carboxylic acids is 1. The lowest BCUT2D eigenvalue weighted by Gasteiger charge is -2.25. The predicted octanol–water partition coefficient (Wildman–Crippen LogP) is 1.15. The summed E-state index contributed by atoms with van der Waals surface area (Å²) < 4.78 is 17.5. The highest BCUT2D eigenvalue weighted by Gasteiger charge is 2.36. The van der Waals surface area contributed by atoms with E-state index >= 15 is 0 Å². The van der Waals surface area contributed by atoms with E-state index in [1.165, 1.54) is 31.4 Å². The zero-order valence-electron chi connectivity index (χ0n) is 9.20. The van der Waals surface area contributed by atoms with Crippen molar-refractivity contribution in [2.45, 2.75) is 12.3 Å². The van der Waals surface area contributed by atoms with Gasteiger partial charge >= 0.3 is 5.97 Å². The van der Waals surface area contributed by atoms with E-state index < -0.39 is 11.4 Å². The average Bonchev–Trinajstić information content (AvgIpc) is 2.29. The largest absolute Gasteiger partial charge is 0.468 e. The molecule has 16 heavy (non-hydrogen) atoms. The Kier molecular flexibility index (Phi) is 3.98. The molecule has 0 radical (unpaired) electrons. The molecular weight excluding hydrogens is 213 g/mol. The van der Waals surface area contributed by atoms with E-state index in [9.17, 15) is 9.18 Å². The van der Waals surface area contributed by atoms with Gasteiger partial charge in [-0.3, -0.25) is 4.79 Å². The number of nitrogens with two attached hydrogens (primary N) is 1. The van der Waals surface area contributed by atoms with Gasteiger partial charge in [0.2, 0.25) is 0 Å². The van der Waals surface area contributed by atoms with Crippen molar-refractivity contribution >= 4 is 5.97 Å². The first-order valence-corrected chi connectivity index (χ1v) is 4.70. The van der Waals surface area contributed by atoms with Gasteiger partial charge < -0.3 is 9.57 Å². The molecule has 0 bridgehead atoms. The van der Waals surface area contributed by atoms with Crippen molar-refractivity contribution in [3.63, 3.8) is 0 Å². The number of rotatable bonds is 4. The second-order valence-electron chi connectivity index (χ2n) is 3.64. The van der Waals surface area contributed by atoms with Crippen molar-refractivity contribution in [1.82, 2.24) is 0 Å². The summed E-state index contributed by atoms with van der Waals surface area (Å²) in [4.78, 5) is 16.2. The SMILES string of the molecule is COC(=O)C(C)(CON)c1ccc(F)cc1. The molecule has 0 aliphatic carbocycles. The normalized spacial score (nSPS) is 14.2. The van der Waals surface area contributed by atoms with E-state index in [-0.39, 0.29) is 12.4 Å². The van der Waals surface area contributed by atoms with Crippen LogP contribution in [0.25, 0.3) is 0 Å². The minimum absolute atomic E-state index is 0.0364. The fourth-order valence-electron chi connectivity index (χ4n) is 1.47. The maximum absolute atomic E-state index is 12.8. The maximum atomic E-state index is 12.8. The highest BCUT2D eigenvalue weighted by Crippen LogP contribution is 2.25. The zero-order chi connectivity index (χ0) is 12.2. The van der Waals surface area contributed by atoms with Crippen molar-refractivity contribution in [3.8, 4) is 0 Å². The molecule has 4 nitrogen and oxygen atoms in total. The number of hydrogen-bond donors (Lipinski definition) is 1. The van der Waals surface area contributed by atoms with E-state index in [0.717, 1.165) is 0 Å². The lowest BCUT2D eigenvalue weighted by atomic mass is 9.83. The first-order valence-electron chi connectivity index (χ1n) is 4.70. The number of esters is 1. The quantitative estimate of drug-likeness (QED) is 0.619. The molecule has 0 fully saturated rings. The Morgan fingerprint density at radius 2 is 2.00 bits per heavy atom. The van der Waals surface area contributed by atoms with Gasteiger partial charge in [-0.2, -0.15) is 0 Å². The van der Waals surface area contributed by atoms with Gasteiger partial charge in [-0.15, -0.1) is 0 Å². The van der Waals surface area contributed by atoms with Crippen LogP contribution in [-0.2, 0) is 19.8 Å². The summed E-state index contributed by atoms with van der Waals surface area (Å²) in [6, 6.07) is 5.55. The lowest BCUT2D eigenvalue weighted by Crippen LogP contribution is -2.39. The van der Waals surface area contributed by atoms with Crippen LogP contribution in [0, 0.1) is 5.82 Å². The average molecular weight is 227 g/mol. The Hall–Kier alpha value is -1.46. The van der Waals surface area contributed by atoms with Crippen LogP contribution in [0.3, 0.4) is 0 Å². The number of ether oxygens (including phenoxy) is 1. The standard InChI is InChI=1S/C11H14FNO3/c1-11(7-16-13,10(14)15-2)8-3-5-9(12)6-4-8/h3-6H,7,13H2,1-2H3. The van der Waals surface area contributed by atoms with Crippen LogP contribution in [0.1, 0.15) is 12.5 Å².